The first kappa shape index (κ1) is 14.4. The zero-order valence-electron chi connectivity index (χ0n) is 11.6. The molecule has 0 aromatic carbocycles. The van der Waals surface area contributed by atoms with Crippen LogP contribution >= 0.6 is 11.3 Å². The van der Waals surface area contributed by atoms with Crippen LogP contribution in [-0.2, 0) is 11.3 Å². The highest BCUT2D eigenvalue weighted by Gasteiger charge is 2.15. The third-order valence-electron chi connectivity index (χ3n) is 3.24. The van der Waals surface area contributed by atoms with Crippen LogP contribution in [0.2, 0.25) is 0 Å². The normalized spacial score (nSPS) is 19.6. The number of nitrogens with zero attached hydrogens (tertiary/aromatic N) is 2. The van der Waals surface area contributed by atoms with Crippen molar-refractivity contribution in [2.75, 3.05) is 32.0 Å². The smallest absolute Gasteiger partial charge is 0.223 e. The van der Waals surface area contributed by atoms with Gasteiger partial charge in [-0.1, -0.05) is 0 Å². The molecule has 0 saturated carbocycles. The molecule has 1 amide bonds. The van der Waals surface area contributed by atoms with Crippen molar-refractivity contribution in [2.45, 2.75) is 26.3 Å². The summed E-state index contributed by atoms with van der Waals surface area (Å²) in [6.45, 7) is 5.72. The third kappa shape index (κ3) is 4.89. The fourth-order valence-corrected chi connectivity index (χ4v) is 3.20. The van der Waals surface area contributed by atoms with Gasteiger partial charge in [0.15, 0.2) is 5.13 Å². The van der Waals surface area contributed by atoms with Crippen LogP contribution in [0.25, 0.3) is 0 Å². The summed E-state index contributed by atoms with van der Waals surface area (Å²) in [6, 6.07) is 0. The molecular formula is C13H22N4OS. The molecule has 0 bridgehead atoms. The second-order valence-electron chi connectivity index (χ2n) is 5.23. The SMILES string of the molecule is CC(=O)Nc1nc(CN(C)CC2CCCNC2)cs1. The van der Waals surface area contributed by atoms with E-state index in [9.17, 15) is 4.79 Å². The van der Waals surface area contributed by atoms with E-state index in [1.165, 1.54) is 31.1 Å². The molecule has 6 heteroatoms. The number of carbonyl (C=O) groups excluding carboxylic acids is 1. The molecule has 1 atom stereocenters. The maximum atomic E-state index is 10.9. The van der Waals surface area contributed by atoms with Crippen LogP contribution in [0, 0.1) is 5.92 Å². The largest absolute Gasteiger partial charge is 0.316 e. The molecule has 19 heavy (non-hydrogen) atoms. The van der Waals surface area contributed by atoms with Gasteiger partial charge in [0.05, 0.1) is 5.69 Å². The van der Waals surface area contributed by atoms with E-state index in [4.69, 9.17) is 0 Å². The number of anilines is 1. The zero-order chi connectivity index (χ0) is 13.7. The first-order valence-electron chi connectivity index (χ1n) is 6.74. The number of thiazole rings is 1. The van der Waals surface area contributed by atoms with Gasteiger partial charge in [0.25, 0.3) is 0 Å². The van der Waals surface area contributed by atoms with E-state index in [2.05, 4.69) is 27.6 Å². The van der Waals surface area contributed by atoms with Crippen molar-refractivity contribution < 1.29 is 4.79 Å². The summed E-state index contributed by atoms with van der Waals surface area (Å²) in [5, 5.41) is 8.87. The maximum absolute atomic E-state index is 10.9. The molecule has 1 fully saturated rings. The fourth-order valence-electron chi connectivity index (χ4n) is 2.45. The molecule has 0 aliphatic carbocycles. The highest BCUT2D eigenvalue weighted by Crippen LogP contribution is 2.17. The van der Waals surface area contributed by atoms with Gasteiger partial charge in [0.2, 0.25) is 5.91 Å². The second kappa shape index (κ2) is 6.98. The summed E-state index contributed by atoms with van der Waals surface area (Å²) < 4.78 is 0. The highest BCUT2D eigenvalue weighted by molar-refractivity contribution is 7.13. The topological polar surface area (TPSA) is 57.3 Å². The van der Waals surface area contributed by atoms with Crippen LogP contribution in [0.3, 0.4) is 0 Å². The van der Waals surface area contributed by atoms with Gasteiger partial charge >= 0.3 is 0 Å². The second-order valence-corrected chi connectivity index (χ2v) is 6.09. The van der Waals surface area contributed by atoms with Crippen molar-refractivity contribution in [3.8, 4) is 0 Å². The molecule has 2 rings (SSSR count). The molecular weight excluding hydrogens is 260 g/mol. The Bertz CT molecular complexity index is 415. The summed E-state index contributed by atoms with van der Waals surface area (Å²) in [4.78, 5) is 17.7. The van der Waals surface area contributed by atoms with Crippen molar-refractivity contribution >= 4 is 22.4 Å². The number of carbonyl (C=O) groups is 1. The Morgan fingerprint density at radius 2 is 2.53 bits per heavy atom. The number of aromatic nitrogens is 1. The zero-order valence-corrected chi connectivity index (χ0v) is 12.4. The van der Waals surface area contributed by atoms with Crippen molar-refractivity contribution in [2.24, 2.45) is 5.92 Å². The average Bonchev–Trinajstić information content (AvgIpc) is 2.76. The lowest BCUT2D eigenvalue weighted by atomic mass is 9.99. The lowest BCUT2D eigenvalue weighted by molar-refractivity contribution is -0.114. The summed E-state index contributed by atoms with van der Waals surface area (Å²) in [7, 11) is 2.13. The number of nitrogens with one attached hydrogen (secondary N) is 2. The Hall–Kier alpha value is -0.980. The van der Waals surface area contributed by atoms with E-state index < -0.39 is 0 Å². The number of rotatable bonds is 5. The van der Waals surface area contributed by atoms with Gasteiger partial charge in [-0.2, -0.15) is 0 Å². The average molecular weight is 282 g/mol. The van der Waals surface area contributed by atoms with E-state index >= 15 is 0 Å². The molecule has 1 unspecified atom stereocenters. The van der Waals surface area contributed by atoms with Crippen molar-refractivity contribution in [1.29, 1.82) is 0 Å². The van der Waals surface area contributed by atoms with Crippen LogP contribution in [-0.4, -0.2) is 42.5 Å². The van der Waals surface area contributed by atoms with Gasteiger partial charge in [0.1, 0.15) is 0 Å². The minimum absolute atomic E-state index is 0.0671. The van der Waals surface area contributed by atoms with Crippen molar-refractivity contribution in [3.63, 3.8) is 0 Å². The molecule has 106 valence electrons. The van der Waals surface area contributed by atoms with Crippen LogP contribution in [0.1, 0.15) is 25.5 Å². The van der Waals surface area contributed by atoms with E-state index in [0.29, 0.717) is 5.13 Å². The Morgan fingerprint density at radius 3 is 3.21 bits per heavy atom. The molecule has 0 spiro atoms. The molecule has 1 aliphatic heterocycles. The van der Waals surface area contributed by atoms with Crippen LogP contribution < -0.4 is 10.6 Å². The predicted molar refractivity (Wildman–Crippen MR) is 78.3 cm³/mol. The molecule has 5 nitrogen and oxygen atoms in total. The van der Waals surface area contributed by atoms with Gasteiger partial charge in [-0.3, -0.25) is 4.79 Å². The molecule has 1 aromatic heterocycles. The number of hydrogen-bond donors (Lipinski definition) is 2. The number of piperidine rings is 1. The maximum Gasteiger partial charge on any atom is 0.223 e. The Labute approximate surface area is 118 Å². The lowest BCUT2D eigenvalue weighted by Gasteiger charge is -2.27. The van der Waals surface area contributed by atoms with E-state index in [1.807, 2.05) is 5.38 Å². The molecule has 1 aliphatic rings. The standard InChI is InChI=1S/C13H22N4OS/c1-10(18)15-13-16-12(9-19-13)8-17(2)7-11-4-3-5-14-6-11/h9,11,14H,3-8H2,1-2H3,(H,15,16,18). The van der Waals surface area contributed by atoms with Gasteiger partial charge in [-0.15, -0.1) is 11.3 Å². The predicted octanol–water partition coefficient (Wildman–Crippen LogP) is 1.53. The van der Waals surface area contributed by atoms with Gasteiger partial charge in [-0.05, 0) is 38.9 Å². The van der Waals surface area contributed by atoms with Crippen molar-refractivity contribution in [1.82, 2.24) is 15.2 Å². The Morgan fingerprint density at radius 1 is 1.68 bits per heavy atom. The quantitative estimate of drug-likeness (QED) is 0.860. The molecule has 0 radical (unpaired) electrons. The number of amides is 1. The monoisotopic (exact) mass is 282 g/mol. The van der Waals surface area contributed by atoms with Crippen LogP contribution in [0.5, 0.6) is 0 Å². The van der Waals surface area contributed by atoms with Crippen LogP contribution in [0.4, 0.5) is 5.13 Å². The van der Waals surface area contributed by atoms with E-state index in [-0.39, 0.29) is 5.91 Å². The summed E-state index contributed by atoms with van der Waals surface area (Å²) in [6.07, 6.45) is 2.59. The molecule has 2 N–H and O–H groups in total. The minimum Gasteiger partial charge on any atom is -0.316 e. The summed E-state index contributed by atoms with van der Waals surface area (Å²) in [5.74, 6) is 0.676. The van der Waals surface area contributed by atoms with Gasteiger partial charge in [-0.25, -0.2) is 4.98 Å². The van der Waals surface area contributed by atoms with E-state index in [1.54, 1.807) is 0 Å². The molecule has 1 saturated heterocycles. The lowest BCUT2D eigenvalue weighted by Crippen LogP contribution is -2.36. The first-order valence-corrected chi connectivity index (χ1v) is 7.62. The third-order valence-corrected chi connectivity index (χ3v) is 4.04. The minimum atomic E-state index is -0.0671. The van der Waals surface area contributed by atoms with Gasteiger partial charge in [0, 0.05) is 25.4 Å². The van der Waals surface area contributed by atoms with Gasteiger partial charge < -0.3 is 15.5 Å². The van der Waals surface area contributed by atoms with E-state index in [0.717, 1.165) is 37.8 Å². The van der Waals surface area contributed by atoms with Crippen molar-refractivity contribution in [3.05, 3.63) is 11.1 Å². The Balaban J connectivity index is 1.79. The first-order chi connectivity index (χ1) is 9.13. The molecule has 1 aromatic rings. The highest BCUT2D eigenvalue weighted by atomic mass is 32.1. The fraction of sp³-hybridized carbons (Fsp3) is 0.692. The summed E-state index contributed by atoms with van der Waals surface area (Å²) >= 11 is 1.48. The Kier molecular flexibility index (Phi) is 5.30. The number of hydrogen-bond acceptors (Lipinski definition) is 5. The molecule has 2 heterocycles. The summed E-state index contributed by atoms with van der Waals surface area (Å²) in [5.41, 5.74) is 1.03. The van der Waals surface area contributed by atoms with Crippen LogP contribution in [0.15, 0.2) is 5.38 Å².